The number of piperazine rings is 1. The Balaban J connectivity index is 1.77. The van der Waals surface area contributed by atoms with Crippen molar-refractivity contribution >= 4 is 17.5 Å². The highest BCUT2D eigenvalue weighted by Gasteiger charge is 2.23. The molecule has 0 saturated carbocycles. The second-order valence-electron chi connectivity index (χ2n) is 6.57. The van der Waals surface area contributed by atoms with Crippen LogP contribution in [0.4, 0.5) is 5.69 Å². The van der Waals surface area contributed by atoms with E-state index in [2.05, 4.69) is 16.8 Å². The van der Waals surface area contributed by atoms with Gasteiger partial charge in [-0.15, -0.1) is 0 Å². The molecule has 27 heavy (non-hydrogen) atoms. The van der Waals surface area contributed by atoms with Gasteiger partial charge in [-0.1, -0.05) is 25.1 Å². The first-order valence-corrected chi connectivity index (χ1v) is 9.47. The summed E-state index contributed by atoms with van der Waals surface area (Å²) in [6.07, 6.45) is 3.07. The van der Waals surface area contributed by atoms with Gasteiger partial charge in [0.05, 0.1) is 11.1 Å². The number of likely N-dealkylation sites (N-methyl/N-ethyl adjacent to an activating group) is 1. The van der Waals surface area contributed by atoms with Gasteiger partial charge in [-0.25, -0.2) is 0 Å². The van der Waals surface area contributed by atoms with Crippen molar-refractivity contribution < 1.29 is 9.59 Å². The number of hydrogen-bond donors (Lipinski definition) is 0. The van der Waals surface area contributed by atoms with E-state index in [1.54, 1.807) is 17.2 Å². The molecule has 1 aliphatic rings. The lowest BCUT2D eigenvalue weighted by molar-refractivity contribution is 0.0643. The first-order valence-electron chi connectivity index (χ1n) is 9.47. The van der Waals surface area contributed by atoms with Gasteiger partial charge in [-0.05, 0) is 31.7 Å². The molecule has 1 fully saturated rings. The monoisotopic (exact) mass is 366 g/mol. The third-order valence-corrected chi connectivity index (χ3v) is 4.97. The number of amides is 2. The lowest BCUT2D eigenvalue weighted by Crippen LogP contribution is -2.48. The lowest BCUT2D eigenvalue weighted by Gasteiger charge is -2.34. The number of anilines is 1. The molecule has 0 spiro atoms. The Morgan fingerprint density at radius 2 is 1.67 bits per heavy atom. The summed E-state index contributed by atoms with van der Waals surface area (Å²) < 4.78 is 0. The van der Waals surface area contributed by atoms with E-state index < -0.39 is 0 Å². The van der Waals surface area contributed by atoms with Gasteiger partial charge in [-0.3, -0.25) is 14.6 Å². The Labute approximate surface area is 160 Å². The van der Waals surface area contributed by atoms with Crippen LogP contribution in [-0.4, -0.2) is 65.9 Å². The number of carbonyl (C=O) groups excluding carboxylic acids is 2. The zero-order valence-corrected chi connectivity index (χ0v) is 16.0. The molecular weight excluding hydrogens is 340 g/mol. The van der Waals surface area contributed by atoms with E-state index in [1.807, 2.05) is 42.2 Å². The predicted molar refractivity (Wildman–Crippen MR) is 106 cm³/mol. The largest absolute Gasteiger partial charge is 0.336 e. The van der Waals surface area contributed by atoms with Crippen LogP contribution >= 0.6 is 0 Å². The molecule has 1 aromatic heterocycles. The number of nitrogens with zero attached hydrogens (tertiary/aromatic N) is 4. The second kappa shape index (κ2) is 8.77. The molecular formula is C21H26N4O2. The zero-order chi connectivity index (χ0) is 19.2. The summed E-state index contributed by atoms with van der Waals surface area (Å²) in [5.41, 5.74) is 1.73. The number of aromatic nitrogens is 1. The SMILES string of the molecule is CCN1CCN(C(=O)c2cncc(C(=O)N(CC)c3ccccc3)c2)CC1. The Hall–Kier alpha value is -2.73. The fourth-order valence-corrected chi connectivity index (χ4v) is 3.33. The molecule has 3 rings (SSSR count). The summed E-state index contributed by atoms with van der Waals surface area (Å²) in [6, 6.07) is 11.2. The topological polar surface area (TPSA) is 56.8 Å². The van der Waals surface area contributed by atoms with Crippen LogP contribution < -0.4 is 4.90 Å². The molecule has 0 aliphatic carbocycles. The van der Waals surface area contributed by atoms with Gasteiger partial charge in [-0.2, -0.15) is 0 Å². The van der Waals surface area contributed by atoms with Crippen molar-refractivity contribution in [3.05, 3.63) is 59.9 Å². The normalized spacial score (nSPS) is 14.8. The molecule has 0 radical (unpaired) electrons. The van der Waals surface area contributed by atoms with Crippen LogP contribution in [0.2, 0.25) is 0 Å². The van der Waals surface area contributed by atoms with E-state index in [4.69, 9.17) is 0 Å². The van der Waals surface area contributed by atoms with Gasteiger partial charge < -0.3 is 14.7 Å². The molecule has 1 aliphatic heterocycles. The molecule has 0 N–H and O–H groups in total. The van der Waals surface area contributed by atoms with Gasteiger partial charge in [0.1, 0.15) is 0 Å². The fraction of sp³-hybridized carbons (Fsp3) is 0.381. The van der Waals surface area contributed by atoms with E-state index in [0.717, 1.165) is 25.3 Å². The van der Waals surface area contributed by atoms with Crippen molar-refractivity contribution in [2.75, 3.05) is 44.2 Å². The molecule has 142 valence electrons. The number of para-hydroxylation sites is 1. The second-order valence-corrected chi connectivity index (χ2v) is 6.57. The van der Waals surface area contributed by atoms with Crippen molar-refractivity contribution in [3.63, 3.8) is 0 Å². The van der Waals surface area contributed by atoms with Gasteiger partial charge >= 0.3 is 0 Å². The molecule has 0 unspecified atom stereocenters. The minimum absolute atomic E-state index is 0.0596. The van der Waals surface area contributed by atoms with Crippen molar-refractivity contribution in [3.8, 4) is 0 Å². The predicted octanol–water partition coefficient (Wildman–Crippen LogP) is 2.53. The summed E-state index contributed by atoms with van der Waals surface area (Å²) in [7, 11) is 0. The van der Waals surface area contributed by atoms with Crippen LogP contribution in [0.25, 0.3) is 0 Å². The Morgan fingerprint density at radius 1 is 1.00 bits per heavy atom. The Bertz CT molecular complexity index is 786. The third-order valence-electron chi connectivity index (χ3n) is 4.97. The zero-order valence-electron chi connectivity index (χ0n) is 16.0. The maximum absolute atomic E-state index is 13.0. The minimum atomic E-state index is -0.151. The number of benzene rings is 1. The van der Waals surface area contributed by atoms with E-state index in [-0.39, 0.29) is 11.8 Å². The highest BCUT2D eigenvalue weighted by atomic mass is 16.2. The molecule has 2 aromatic rings. The average Bonchev–Trinajstić information content (AvgIpc) is 2.74. The van der Waals surface area contributed by atoms with Gasteiger partial charge in [0.15, 0.2) is 0 Å². The molecule has 1 aromatic carbocycles. The number of carbonyl (C=O) groups is 2. The molecule has 6 nitrogen and oxygen atoms in total. The number of rotatable bonds is 5. The summed E-state index contributed by atoms with van der Waals surface area (Å²) >= 11 is 0. The summed E-state index contributed by atoms with van der Waals surface area (Å²) in [6.45, 7) is 8.77. The highest BCUT2D eigenvalue weighted by molar-refractivity contribution is 6.07. The molecule has 2 amide bonds. The summed E-state index contributed by atoms with van der Waals surface area (Å²) in [5.74, 6) is -0.211. The average molecular weight is 366 g/mol. The van der Waals surface area contributed by atoms with E-state index in [0.29, 0.717) is 30.8 Å². The number of pyridine rings is 1. The van der Waals surface area contributed by atoms with Crippen molar-refractivity contribution in [1.29, 1.82) is 0 Å². The first-order chi connectivity index (χ1) is 13.1. The van der Waals surface area contributed by atoms with Crippen LogP contribution in [0.15, 0.2) is 48.8 Å². The molecule has 0 bridgehead atoms. The maximum Gasteiger partial charge on any atom is 0.259 e. The van der Waals surface area contributed by atoms with Crippen LogP contribution in [0.5, 0.6) is 0 Å². The van der Waals surface area contributed by atoms with Gasteiger partial charge in [0.25, 0.3) is 11.8 Å². The minimum Gasteiger partial charge on any atom is -0.336 e. The van der Waals surface area contributed by atoms with Crippen LogP contribution in [-0.2, 0) is 0 Å². The molecule has 1 saturated heterocycles. The van der Waals surface area contributed by atoms with Crippen molar-refractivity contribution in [2.45, 2.75) is 13.8 Å². The van der Waals surface area contributed by atoms with Gasteiger partial charge in [0, 0.05) is 50.8 Å². The lowest BCUT2D eigenvalue weighted by atomic mass is 10.1. The van der Waals surface area contributed by atoms with Crippen molar-refractivity contribution in [2.24, 2.45) is 0 Å². The fourth-order valence-electron chi connectivity index (χ4n) is 3.33. The van der Waals surface area contributed by atoms with E-state index >= 15 is 0 Å². The summed E-state index contributed by atoms with van der Waals surface area (Å²) in [5, 5.41) is 0. The van der Waals surface area contributed by atoms with Crippen LogP contribution in [0.1, 0.15) is 34.6 Å². The Morgan fingerprint density at radius 3 is 2.30 bits per heavy atom. The summed E-state index contributed by atoms with van der Waals surface area (Å²) in [4.78, 5) is 35.8. The first kappa shape index (κ1) is 19.0. The third kappa shape index (κ3) is 4.34. The molecule has 6 heteroatoms. The maximum atomic E-state index is 13.0. The quantitative estimate of drug-likeness (QED) is 0.816. The van der Waals surface area contributed by atoms with E-state index in [1.165, 1.54) is 6.20 Å². The van der Waals surface area contributed by atoms with Crippen molar-refractivity contribution in [1.82, 2.24) is 14.8 Å². The Kier molecular flexibility index (Phi) is 6.19. The molecule has 2 heterocycles. The number of hydrogen-bond acceptors (Lipinski definition) is 4. The van der Waals surface area contributed by atoms with Crippen LogP contribution in [0.3, 0.4) is 0 Å². The highest BCUT2D eigenvalue weighted by Crippen LogP contribution is 2.17. The molecule has 0 atom stereocenters. The van der Waals surface area contributed by atoms with Gasteiger partial charge in [0.2, 0.25) is 0 Å². The van der Waals surface area contributed by atoms with Crippen LogP contribution in [0, 0.1) is 0 Å². The standard InChI is InChI=1S/C21H26N4O2/c1-3-23-10-12-24(13-11-23)20(26)17-14-18(16-22-15-17)21(27)25(4-2)19-8-6-5-7-9-19/h5-9,14-16H,3-4,10-13H2,1-2H3. The van der Waals surface area contributed by atoms with E-state index in [9.17, 15) is 9.59 Å². The smallest absolute Gasteiger partial charge is 0.259 e.